The van der Waals surface area contributed by atoms with E-state index in [0.717, 1.165) is 31.7 Å². The van der Waals surface area contributed by atoms with Crippen LogP contribution in [0.2, 0.25) is 0 Å². The van der Waals surface area contributed by atoms with E-state index in [9.17, 15) is 10.1 Å². The zero-order valence-corrected chi connectivity index (χ0v) is 15.5. The van der Waals surface area contributed by atoms with Crippen LogP contribution in [0.15, 0.2) is 21.2 Å². The number of rotatable bonds is 3. The van der Waals surface area contributed by atoms with Crippen molar-refractivity contribution < 1.29 is 13.6 Å². The van der Waals surface area contributed by atoms with E-state index in [4.69, 9.17) is 8.83 Å². The maximum atomic E-state index is 12.8. The van der Waals surface area contributed by atoms with E-state index in [2.05, 4.69) is 16.0 Å². The normalized spacial score (nSPS) is 18.1. The van der Waals surface area contributed by atoms with Gasteiger partial charge in [-0.1, -0.05) is 0 Å². The van der Waals surface area contributed by atoms with Crippen molar-refractivity contribution in [1.29, 1.82) is 5.26 Å². The molecule has 0 saturated carbocycles. The van der Waals surface area contributed by atoms with E-state index >= 15 is 0 Å². The van der Waals surface area contributed by atoms with Crippen molar-refractivity contribution in [3.05, 3.63) is 35.2 Å². The summed E-state index contributed by atoms with van der Waals surface area (Å²) >= 11 is 0. The van der Waals surface area contributed by atoms with Crippen LogP contribution in [-0.2, 0) is 17.8 Å². The lowest BCUT2D eigenvalue weighted by Gasteiger charge is -2.35. The average Bonchev–Trinajstić information content (AvgIpc) is 3.23. The highest BCUT2D eigenvalue weighted by Crippen LogP contribution is 2.23. The fourth-order valence-corrected chi connectivity index (χ4v) is 3.80. The molecule has 0 spiro atoms. The number of nitriles is 1. The van der Waals surface area contributed by atoms with Crippen molar-refractivity contribution in [2.75, 3.05) is 44.2 Å². The highest BCUT2D eigenvalue weighted by atomic mass is 16.4. The molecule has 1 amide bonds. The Bertz CT molecular complexity index is 857. The summed E-state index contributed by atoms with van der Waals surface area (Å²) in [7, 11) is 0. The Labute approximate surface area is 157 Å². The van der Waals surface area contributed by atoms with Crippen LogP contribution < -0.4 is 4.90 Å². The highest BCUT2D eigenvalue weighted by Gasteiger charge is 2.27. The Morgan fingerprint density at radius 3 is 2.89 bits per heavy atom. The van der Waals surface area contributed by atoms with Crippen LogP contribution in [0.3, 0.4) is 0 Å². The lowest BCUT2D eigenvalue weighted by molar-refractivity contribution is -0.132. The molecule has 1 saturated heterocycles. The first-order chi connectivity index (χ1) is 13.1. The van der Waals surface area contributed by atoms with E-state index in [1.165, 1.54) is 5.56 Å². The van der Waals surface area contributed by atoms with Gasteiger partial charge in [-0.15, -0.1) is 0 Å². The number of carbonyl (C=O) groups excluding carboxylic acids is 1. The van der Waals surface area contributed by atoms with E-state index in [-0.39, 0.29) is 5.91 Å². The third kappa shape index (κ3) is 3.69. The van der Waals surface area contributed by atoms with Gasteiger partial charge in [0.15, 0.2) is 5.89 Å². The standard InChI is InChI=1S/C19H23N5O3/c1-14-21-16(11-20)19(27-14)24-8-6-23(7-9-24)18(25)13-22-5-2-3-17-15(12-22)4-10-26-17/h4,10H,2-3,5-9,12-13H2,1H3. The van der Waals surface area contributed by atoms with Crippen LogP contribution in [0.1, 0.15) is 29.3 Å². The number of aryl methyl sites for hydroxylation is 2. The van der Waals surface area contributed by atoms with Crippen molar-refractivity contribution in [3.8, 4) is 6.07 Å². The average molecular weight is 369 g/mol. The third-order valence-electron chi connectivity index (χ3n) is 5.21. The van der Waals surface area contributed by atoms with Crippen molar-refractivity contribution in [1.82, 2.24) is 14.8 Å². The second-order valence-electron chi connectivity index (χ2n) is 7.05. The smallest absolute Gasteiger partial charge is 0.236 e. The number of carbonyl (C=O) groups is 1. The summed E-state index contributed by atoms with van der Waals surface area (Å²) in [5, 5.41) is 9.19. The molecular weight excluding hydrogens is 346 g/mol. The number of oxazole rings is 1. The fourth-order valence-electron chi connectivity index (χ4n) is 3.80. The van der Waals surface area contributed by atoms with Gasteiger partial charge in [0.1, 0.15) is 11.8 Å². The Hall–Kier alpha value is -2.79. The predicted molar refractivity (Wildman–Crippen MR) is 97.1 cm³/mol. The molecule has 27 heavy (non-hydrogen) atoms. The van der Waals surface area contributed by atoms with Gasteiger partial charge in [-0.25, -0.2) is 4.98 Å². The summed E-state index contributed by atoms with van der Waals surface area (Å²) < 4.78 is 11.1. The maximum absolute atomic E-state index is 12.8. The number of nitrogens with zero attached hydrogens (tertiary/aromatic N) is 5. The molecule has 4 rings (SSSR count). The number of hydrogen-bond acceptors (Lipinski definition) is 7. The van der Waals surface area contributed by atoms with Gasteiger partial charge in [-0.2, -0.15) is 5.26 Å². The Balaban J connectivity index is 1.33. The SMILES string of the molecule is Cc1nc(C#N)c(N2CCN(C(=O)CN3CCCc4occc4C3)CC2)o1. The summed E-state index contributed by atoms with van der Waals surface area (Å²) in [5.74, 6) is 2.20. The van der Waals surface area contributed by atoms with E-state index in [1.807, 2.05) is 15.9 Å². The van der Waals surface area contributed by atoms with Gasteiger partial charge in [0.25, 0.3) is 0 Å². The van der Waals surface area contributed by atoms with Crippen LogP contribution in [-0.4, -0.2) is 60.0 Å². The van der Waals surface area contributed by atoms with Crippen LogP contribution >= 0.6 is 0 Å². The molecule has 0 aromatic carbocycles. The molecule has 2 aliphatic rings. The number of amides is 1. The number of hydrogen-bond donors (Lipinski definition) is 0. The molecule has 0 atom stereocenters. The minimum atomic E-state index is 0.149. The zero-order valence-electron chi connectivity index (χ0n) is 15.5. The minimum Gasteiger partial charge on any atom is -0.469 e. The van der Waals surface area contributed by atoms with Crippen LogP contribution in [0.25, 0.3) is 0 Å². The van der Waals surface area contributed by atoms with Crippen molar-refractivity contribution >= 4 is 11.8 Å². The molecule has 2 aromatic heterocycles. The van der Waals surface area contributed by atoms with Gasteiger partial charge in [0.2, 0.25) is 17.5 Å². The van der Waals surface area contributed by atoms with Gasteiger partial charge in [0, 0.05) is 51.6 Å². The highest BCUT2D eigenvalue weighted by molar-refractivity contribution is 5.78. The summed E-state index contributed by atoms with van der Waals surface area (Å²) in [4.78, 5) is 22.9. The lowest BCUT2D eigenvalue weighted by atomic mass is 10.2. The molecule has 0 aliphatic carbocycles. The second-order valence-corrected chi connectivity index (χ2v) is 7.05. The molecule has 0 unspecified atom stereocenters. The number of aromatic nitrogens is 1. The summed E-state index contributed by atoms with van der Waals surface area (Å²) in [6.07, 6.45) is 3.67. The maximum Gasteiger partial charge on any atom is 0.236 e. The van der Waals surface area contributed by atoms with Gasteiger partial charge < -0.3 is 18.6 Å². The van der Waals surface area contributed by atoms with Crippen LogP contribution in [0.4, 0.5) is 5.88 Å². The van der Waals surface area contributed by atoms with Gasteiger partial charge in [-0.3, -0.25) is 9.69 Å². The quantitative estimate of drug-likeness (QED) is 0.811. The molecule has 0 N–H and O–H groups in total. The van der Waals surface area contributed by atoms with E-state index < -0.39 is 0 Å². The molecule has 1 fully saturated rings. The largest absolute Gasteiger partial charge is 0.469 e. The second kappa shape index (κ2) is 7.45. The first-order valence-electron chi connectivity index (χ1n) is 9.32. The summed E-state index contributed by atoms with van der Waals surface area (Å²) in [6, 6.07) is 4.08. The van der Waals surface area contributed by atoms with Gasteiger partial charge >= 0.3 is 0 Å². The molecule has 8 nitrogen and oxygen atoms in total. The molecule has 0 bridgehead atoms. The lowest BCUT2D eigenvalue weighted by Crippen LogP contribution is -2.51. The number of fused-ring (bicyclic) bond motifs is 1. The Kier molecular flexibility index (Phi) is 4.86. The first-order valence-corrected chi connectivity index (χ1v) is 9.32. The van der Waals surface area contributed by atoms with Crippen molar-refractivity contribution in [2.45, 2.75) is 26.3 Å². The number of furan rings is 1. The predicted octanol–water partition coefficient (Wildman–Crippen LogP) is 1.54. The molecule has 0 radical (unpaired) electrons. The van der Waals surface area contributed by atoms with Crippen LogP contribution in [0.5, 0.6) is 0 Å². The summed E-state index contributed by atoms with van der Waals surface area (Å²) in [6.45, 7) is 6.34. The Morgan fingerprint density at radius 1 is 1.30 bits per heavy atom. The molecule has 142 valence electrons. The van der Waals surface area contributed by atoms with Gasteiger partial charge in [-0.05, 0) is 19.0 Å². The Morgan fingerprint density at radius 2 is 2.11 bits per heavy atom. The van der Waals surface area contributed by atoms with Gasteiger partial charge in [0.05, 0.1) is 12.8 Å². The fraction of sp³-hybridized carbons (Fsp3) is 0.526. The first kappa shape index (κ1) is 17.6. The summed E-state index contributed by atoms with van der Waals surface area (Å²) in [5.41, 5.74) is 1.50. The topological polar surface area (TPSA) is 89.8 Å². The van der Waals surface area contributed by atoms with Crippen LogP contribution in [0, 0.1) is 18.3 Å². The molecule has 2 aromatic rings. The monoisotopic (exact) mass is 369 g/mol. The van der Waals surface area contributed by atoms with E-state index in [0.29, 0.717) is 50.2 Å². The number of anilines is 1. The molecule has 8 heteroatoms. The molecule has 2 aliphatic heterocycles. The third-order valence-corrected chi connectivity index (χ3v) is 5.21. The molecular formula is C19H23N5O3. The zero-order chi connectivity index (χ0) is 18.8. The van der Waals surface area contributed by atoms with E-state index in [1.54, 1.807) is 13.2 Å². The minimum absolute atomic E-state index is 0.149. The molecule has 4 heterocycles. The number of piperazine rings is 1. The van der Waals surface area contributed by atoms with Crippen molar-refractivity contribution in [3.63, 3.8) is 0 Å². The van der Waals surface area contributed by atoms with Crippen molar-refractivity contribution in [2.24, 2.45) is 0 Å².